The van der Waals surface area contributed by atoms with Gasteiger partial charge in [-0.05, 0) is 18.2 Å². The third-order valence-electron chi connectivity index (χ3n) is 2.74. The quantitative estimate of drug-likeness (QED) is 0.777. The molecule has 1 aromatic rings. The van der Waals surface area contributed by atoms with Crippen LogP contribution in [0.15, 0.2) is 18.2 Å². The minimum absolute atomic E-state index is 0.0140. The van der Waals surface area contributed by atoms with E-state index in [0.29, 0.717) is 0 Å². The van der Waals surface area contributed by atoms with Crippen LogP contribution in [0, 0.1) is 11.6 Å². The largest absolute Gasteiger partial charge is 0.350 e. The molecule has 1 saturated heterocycles. The molecule has 2 N–H and O–H groups in total. The number of imide groups is 1. The lowest BCUT2D eigenvalue weighted by Crippen LogP contribution is -2.38. The van der Waals surface area contributed by atoms with Crippen molar-refractivity contribution in [1.82, 2.24) is 15.5 Å². The highest BCUT2D eigenvalue weighted by molar-refractivity contribution is 6.02. The number of benzene rings is 1. The summed E-state index contributed by atoms with van der Waals surface area (Å²) in [6.07, 6.45) is 0. The topological polar surface area (TPSA) is 78.5 Å². The molecule has 0 aliphatic carbocycles. The van der Waals surface area contributed by atoms with Crippen molar-refractivity contribution < 1.29 is 23.2 Å². The zero-order valence-electron chi connectivity index (χ0n) is 10.3. The highest BCUT2D eigenvalue weighted by atomic mass is 19.2. The second-order valence-electron chi connectivity index (χ2n) is 4.09. The molecule has 2 rings (SSSR count). The smallest absolute Gasteiger partial charge is 0.324 e. The Balaban J connectivity index is 1.87. The molecule has 0 aromatic heterocycles. The van der Waals surface area contributed by atoms with Gasteiger partial charge in [0.2, 0.25) is 5.91 Å². The number of hydrogen-bond donors (Lipinski definition) is 2. The van der Waals surface area contributed by atoms with Crippen molar-refractivity contribution in [1.29, 1.82) is 0 Å². The van der Waals surface area contributed by atoms with Crippen molar-refractivity contribution in [2.24, 2.45) is 0 Å². The molecule has 106 valence electrons. The summed E-state index contributed by atoms with van der Waals surface area (Å²) >= 11 is 0. The maximum absolute atomic E-state index is 12.9. The fraction of sp³-hybridized carbons (Fsp3) is 0.250. The number of nitrogens with zero attached hydrogens (tertiary/aromatic N) is 1. The highest BCUT2D eigenvalue weighted by Gasteiger charge is 2.27. The second-order valence-corrected chi connectivity index (χ2v) is 4.09. The van der Waals surface area contributed by atoms with Crippen molar-refractivity contribution in [3.8, 4) is 0 Å². The van der Waals surface area contributed by atoms with Gasteiger partial charge in [-0.3, -0.25) is 14.5 Å². The molecule has 8 heteroatoms. The predicted molar refractivity (Wildman–Crippen MR) is 63.8 cm³/mol. The number of hydrogen-bond acceptors (Lipinski definition) is 3. The second kappa shape index (κ2) is 5.64. The van der Waals surface area contributed by atoms with E-state index >= 15 is 0 Å². The lowest BCUT2D eigenvalue weighted by Gasteiger charge is -2.12. The molecule has 1 aliphatic rings. The van der Waals surface area contributed by atoms with E-state index in [9.17, 15) is 23.2 Å². The molecule has 1 aliphatic heterocycles. The predicted octanol–water partition coefficient (Wildman–Crippen LogP) is 0.246. The van der Waals surface area contributed by atoms with Crippen LogP contribution in [0.2, 0.25) is 0 Å². The van der Waals surface area contributed by atoms with Crippen LogP contribution in [-0.2, 0) is 4.79 Å². The van der Waals surface area contributed by atoms with Crippen molar-refractivity contribution >= 4 is 17.8 Å². The summed E-state index contributed by atoms with van der Waals surface area (Å²) in [5, 5.41) is 4.75. The Labute approximate surface area is 112 Å². The number of halogens is 2. The monoisotopic (exact) mass is 283 g/mol. The van der Waals surface area contributed by atoms with Gasteiger partial charge in [0, 0.05) is 18.7 Å². The van der Waals surface area contributed by atoms with Crippen molar-refractivity contribution in [3.05, 3.63) is 35.4 Å². The van der Waals surface area contributed by atoms with Gasteiger partial charge in [-0.2, -0.15) is 0 Å². The fourth-order valence-electron chi connectivity index (χ4n) is 1.70. The number of carbonyl (C=O) groups is 3. The number of amides is 4. The van der Waals surface area contributed by atoms with Gasteiger partial charge in [-0.1, -0.05) is 0 Å². The van der Waals surface area contributed by atoms with Crippen LogP contribution in [-0.4, -0.2) is 42.4 Å². The van der Waals surface area contributed by atoms with E-state index in [4.69, 9.17) is 0 Å². The molecule has 20 heavy (non-hydrogen) atoms. The summed E-state index contributed by atoms with van der Waals surface area (Å²) in [5.74, 6) is -3.15. The van der Waals surface area contributed by atoms with E-state index in [2.05, 4.69) is 10.6 Å². The Bertz CT molecular complexity index is 561. The average molecular weight is 283 g/mol. The molecular weight excluding hydrogens is 272 g/mol. The third kappa shape index (κ3) is 2.90. The summed E-state index contributed by atoms with van der Waals surface area (Å²) in [4.78, 5) is 35.1. The average Bonchev–Trinajstić information content (AvgIpc) is 2.73. The molecule has 1 fully saturated rings. The van der Waals surface area contributed by atoms with Crippen molar-refractivity contribution in [2.75, 3.05) is 19.6 Å². The zero-order chi connectivity index (χ0) is 14.7. The van der Waals surface area contributed by atoms with Crippen LogP contribution < -0.4 is 10.6 Å². The number of urea groups is 1. The van der Waals surface area contributed by atoms with Gasteiger partial charge in [0.1, 0.15) is 0 Å². The van der Waals surface area contributed by atoms with Gasteiger partial charge in [-0.25, -0.2) is 13.6 Å². The van der Waals surface area contributed by atoms with Crippen molar-refractivity contribution in [2.45, 2.75) is 0 Å². The molecule has 1 heterocycles. The van der Waals surface area contributed by atoms with Crippen LogP contribution in [0.4, 0.5) is 13.6 Å². The van der Waals surface area contributed by atoms with E-state index in [-0.39, 0.29) is 31.1 Å². The number of rotatable bonds is 4. The lowest BCUT2D eigenvalue weighted by atomic mass is 10.2. The summed E-state index contributed by atoms with van der Waals surface area (Å²) < 4.78 is 25.7. The summed E-state index contributed by atoms with van der Waals surface area (Å²) in [6, 6.07) is 2.25. The van der Waals surface area contributed by atoms with E-state index in [1.54, 1.807) is 0 Å². The van der Waals surface area contributed by atoms with Gasteiger partial charge in [0.25, 0.3) is 5.91 Å². The van der Waals surface area contributed by atoms with Gasteiger partial charge in [-0.15, -0.1) is 0 Å². The molecule has 0 radical (unpaired) electrons. The molecule has 0 spiro atoms. The standard InChI is InChI=1S/C12H11F2N3O3/c13-8-2-1-7(5-9(8)14)11(19)15-3-4-17-10(18)6-16-12(17)20/h1-2,5H,3-4,6H2,(H,15,19)(H,16,20). The minimum atomic E-state index is -1.12. The van der Waals surface area contributed by atoms with E-state index in [1.165, 1.54) is 0 Å². The first kappa shape index (κ1) is 13.9. The van der Waals surface area contributed by atoms with E-state index < -0.39 is 23.6 Å². The fourth-order valence-corrected chi connectivity index (χ4v) is 1.70. The van der Waals surface area contributed by atoms with E-state index in [0.717, 1.165) is 23.1 Å². The number of carbonyl (C=O) groups excluding carboxylic acids is 3. The molecule has 6 nitrogen and oxygen atoms in total. The first-order chi connectivity index (χ1) is 9.49. The van der Waals surface area contributed by atoms with Crippen LogP contribution >= 0.6 is 0 Å². The van der Waals surface area contributed by atoms with Gasteiger partial charge in [0.05, 0.1) is 6.54 Å². The molecule has 0 saturated carbocycles. The summed E-state index contributed by atoms with van der Waals surface area (Å²) in [6.45, 7) is -0.0208. The minimum Gasteiger partial charge on any atom is -0.350 e. The zero-order valence-corrected chi connectivity index (χ0v) is 10.3. The Kier molecular flexibility index (Phi) is 3.92. The first-order valence-corrected chi connectivity index (χ1v) is 5.80. The van der Waals surface area contributed by atoms with Gasteiger partial charge < -0.3 is 10.6 Å². The van der Waals surface area contributed by atoms with Crippen LogP contribution in [0.5, 0.6) is 0 Å². The van der Waals surface area contributed by atoms with Gasteiger partial charge >= 0.3 is 6.03 Å². The third-order valence-corrected chi connectivity index (χ3v) is 2.74. The molecular formula is C12H11F2N3O3. The summed E-state index contributed by atoms with van der Waals surface area (Å²) in [5.41, 5.74) is -0.0406. The molecule has 1 aromatic carbocycles. The van der Waals surface area contributed by atoms with Gasteiger partial charge in [0.15, 0.2) is 11.6 Å². The highest BCUT2D eigenvalue weighted by Crippen LogP contribution is 2.08. The normalized spacial score (nSPS) is 14.4. The maximum Gasteiger partial charge on any atom is 0.324 e. The molecule has 0 bridgehead atoms. The SMILES string of the molecule is O=C(NCCN1C(=O)CNC1=O)c1ccc(F)c(F)c1. The lowest BCUT2D eigenvalue weighted by molar-refractivity contribution is -0.124. The van der Waals surface area contributed by atoms with Crippen molar-refractivity contribution in [3.63, 3.8) is 0 Å². The Hall–Kier alpha value is -2.51. The number of nitrogens with one attached hydrogen (secondary N) is 2. The van der Waals surface area contributed by atoms with E-state index in [1.807, 2.05) is 0 Å². The van der Waals surface area contributed by atoms with Crippen LogP contribution in [0.1, 0.15) is 10.4 Å². The maximum atomic E-state index is 12.9. The Morgan fingerprint density at radius 1 is 1.30 bits per heavy atom. The first-order valence-electron chi connectivity index (χ1n) is 5.80. The summed E-state index contributed by atoms with van der Waals surface area (Å²) in [7, 11) is 0. The molecule has 4 amide bonds. The van der Waals surface area contributed by atoms with Crippen LogP contribution in [0.25, 0.3) is 0 Å². The Morgan fingerprint density at radius 3 is 2.65 bits per heavy atom. The molecule has 0 unspecified atom stereocenters. The van der Waals surface area contributed by atoms with Crippen LogP contribution in [0.3, 0.4) is 0 Å². The Morgan fingerprint density at radius 2 is 2.05 bits per heavy atom. The molecule has 0 atom stereocenters.